The van der Waals surface area contributed by atoms with Gasteiger partial charge < -0.3 is 10.3 Å². The molecule has 2 aromatic heterocycles. The molecule has 7 heteroatoms. The van der Waals surface area contributed by atoms with Crippen LogP contribution in [0.3, 0.4) is 0 Å². The lowest BCUT2D eigenvalue weighted by Crippen LogP contribution is -2.41. The van der Waals surface area contributed by atoms with Gasteiger partial charge in [-0.2, -0.15) is 0 Å². The number of pyridine rings is 2. The number of benzene rings is 1. The van der Waals surface area contributed by atoms with Crippen molar-refractivity contribution in [3.05, 3.63) is 76.1 Å². The van der Waals surface area contributed by atoms with Gasteiger partial charge >= 0.3 is 0 Å². The highest BCUT2D eigenvalue weighted by Gasteiger charge is 2.23. The molecule has 1 fully saturated rings. The monoisotopic (exact) mass is 394 g/mol. The second kappa shape index (κ2) is 8.53. The van der Waals surface area contributed by atoms with Gasteiger partial charge in [-0.15, -0.1) is 0 Å². The number of rotatable bonds is 5. The summed E-state index contributed by atoms with van der Waals surface area (Å²) < 4.78 is 14.1. The van der Waals surface area contributed by atoms with Gasteiger partial charge in [0.1, 0.15) is 11.5 Å². The van der Waals surface area contributed by atoms with Gasteiger partial charge in [-0.05, 0) is 49.7 Å². The molecule has 0 aliphatic carbocycles. The number of nitrogens with one attached hydrogen (secondary N) is 2. The summed E-state index contributed by atoms with van der Waals surface area (Å²) in [4.78, 5) is 34.3. The van der Waals surface area contributed by atoms with Crippen LogP contribution in [0.2, 0.25) is 0 Å². The number of H-pyrrole nitrogens is 1. The second-order valence-electron chi connectivity index (χ2n) is 7.32. The SMILES string of the molecule is O=C(NC[C@@H](c1cccnc1)N1CCCCC1)c1cc(=O)c2cccc(F)c2[nH]1. The Labute approximate surface area is 167 Å². The first kappa shape index (κ1) is 19.3. The van der Waals surface area contributed by atoms with Crippen molar-refractivity contribution in [1.29, 1.82) is 0 Å². The van der Waals surface area contributed by atoms with Crippen molar-refractivity contribution in [2.24, 2.45) is 0 Å². The Balaban J connectivity index is 1.56. The molecule has 0 bridgehead atoms. The maximum atomic E-state index is 14.1. The van der Waals surface area contributed by atoms with Gasteiger partial charge in [0.25, 0.3) is 5.91 Å². The average molecular weight is 394 g/mol. The van der Waals surface area contributed by atoms with E-state index in [0.29, 0.717) is 6.54 Å². The van der Waals surface area contributed by atoms with Crippen LogP contribution in [0, 0.1) is 5.82 Å². The number of piperidine rings is 1. The van der Waals surface area contributed by atoms with Crippen molar-refractivity contribution in [3.8, 4) is 0 Å². The van der Waals surface area contributed by atoms with Crippen molar-refractivity contribution in [2.45, 2.75) is 25.3 Å². The predicted octanol–water partition coefficient (Wildman–Crippen LogP) is 3.02. The number of carbonyl (C=O) groups excluding carboxylic acids is 1. The minimum absolute atomic E-state index is 0.00290. The zero-order valence-electron chi connectivity index (χ0n) is 16.0. The average Bonchev–Trinajstić information content (AvgIpc) is 2.76. The third-order valence-electron chi connectivity index (χ3n) is 5.42. The van der Waals surface area contributed by atoms with E-state index in [1.165, 1.54) is 30.7 Å². The standard InChI is InChI=1S/C22H23FN4O2/c23-17-8-4-7-16-20(28)12-18(26-21(16)17)22(29)25-14-19(15-6-5-9-24-13-15)27-10-2-1-3-11-27/h4-9,12-13,19H,1-3,10-11,14H2,(H,25,29)(H,26,28)/t19-/m0/s1. The van der Waals surface area contributed by atoms with E-state index < -0.39 is 11.7 Å². The zero-order chi connectivity index (χ0) is 20.2. The van der Waals surface area contributed by atoms with Gasteiger partial charge in [-0.25, -0.2) is 4.39 Å². The quantitative estimate of drug-likeness (QED) is 0.697. The number of carbonyl (C=O) groups is 1. The number of hydrogen-bond donors (Lipinski definition) is 2. The number of nitrogens with zero attached hydrogens (tertiary/aromatic N) is 2. The van der Waals surface area contributed by atoms with E-state index in [4.69, 9.17) is 0 Å². The highest BCUT2D eigenvalue weighted by Crippen LogP contribution is 2.23. The van der Waals surface area contributed by atoms with Crippen molar-refractivity contribution < 1.29 is 9.18 Å². The Morgan fingerprint density at radius 1 is 1.21 bits per heavy atom. The molecule has 2 N–H and O–H groups in total. The number of hydrogen-bond acceptors (Lipinski definition) is 4. The van der Waals surface area contributed by atoms with E-state index in [-0.39, 0.29) is 28.1 Å². The van der Waals surface area contributed by atoms with E-state index in [2.05, 4.69) is 20.2 Å². The van der Waals surface area contributed by atoms with Crippen LogP contribution in [0.25, 0.3) is 10.9 Å². The molecule has 1 atom stereocenters. The molecule has 3 heterocycles. The number of fused-ring (bicyclic) bond motifs is 1. The molecule has 0 unspecified atom stereocenters. The molecular weight excluding hydrogens is 371 g/mol. The summed E-state index contributed by atoms with van der Waals surface area (Å²) in [6.07, 6.45) is 7.01. The Bertz CT molecular complexity index is 1060. The molecule has 1 aromatic carbocycles. The minimum Gasteiger partial charge on any atom is -0.349 e. The van der Waals surface area contributed by atoms with Crippen LogP contribution in [-0.4, -0.2) is 40.4 Å². The summed E-state index contributed by atoms with van der Waals surface area (Å²) in [5, 5.41) is 3.13. The molecule has 1 saturated heterocycles. The number of para-hydroxylation sites is 1. The van der Waals surface area contributed by atoms with Gasteiger partial charge in [-0.1, -0.05) is 18.6 Å². The van der Waals surface area contributed by atoms with Crippen LogP contribution in [0.15, 0.2) is 53.6 Å². The Morgan fingerprint density at radius 3 is 2.79 bits per heavy atom. The van der Waals surface area contributed by atoms with Crippen LogP contribution >= 0.6 is 0 Å². The van der Waals surface area contributed by atoms with Gasteiger partial charge in [0.05, 0.1) is 11.6 Å². The van der Waals surface area contributed by atoms with Crippen molar-refractivity contribution in [3.63, 3.8) is 0 Å². The topological polar surface area (TPSA) is 78.1 Å². The largest absolute Gasteiger partial charge is 0.349 e. The van der Waals surface area contributed by atoms with Crippen LogP contribution in [0.5, 0.6) is 0 Å². The molecule has 0 saturated carbocycles. The zero-order valence-corrected chi connectivity index (χ0v) is 16.0. The normalized spacial score (nSPS) is 15.9. The second-order valence-corrected chi connectivity index (χ2v) is 7.32. The molecule has 1 amide bonds. The molecule has 6 nitrogen and oxygen atoms in total. The van der Waals surface area contributed by atoms with Crippen molar-refractivity contribution in [1.82, 2.24) is 20.2 Å². The molecular formula is C22H23FN4O2. The lowest BCUT2D eigenvalue weighted by atomic mass is 10.0. The molecule has 0 radical (unpaired) electrons. The lowest BCUT2D eigenvalue weighted by molar-refractivity contribution is 0.0919. The first-order valence-electron chi connectivity index (χ1n) is 9.87. The first-order valence-corrected chi connectivity index (χ1v) is 9.87. The van der Waals surface area contributed by atoms with E-state index in [9.17, 15) is 14.0 Å². The van der Waals surface area contributed by atoms with E-state index >= 15 is 0 Å². The third kappa shape index (κ3) is 4.19. The van der Waals surface area contributed by atoms with Crippen LogP contribution in [-0.2, 0) is 0 Å². The summed E-state index contributed by atoms with van der Waals surface area (Å²) >= 11 is 0. The predicted molar refractivity (Wildman–Crippen MR) is 109 cm³/mol. The Morgan fingerprint density at radius 2 is 2.03 bits per heavy atom. The van der Waals surface area contributed by atoms with Crippen LogP contribution in [0.1, 0.15) is 41.4 Å². The molecule has 29 heavy (non-hydrogen) atoms. The first-order chi connectivity index (χ1) is 14.1. The fraction of sp³-hybridized carbons (Fsp3) is 0.318. The van der Waals surface area contributed by atoms with Gasteiger partial charge in [-0.3, -0.25) is 19.5 Å². The summed E-state index contributed by atoms with van der Waals surface area (Å²) in [5.41, 5.74) is 0.747. The number of halogens is 1. The molecule has 4 rings (SSSR count). The maximum Gasteiger partial charge on any atom is 0.267 e. The molecule has 0 spiro atoms. The van der Waals surface area contributed by atoms with Crippen molar-refractivity contribution >= 4 is 16.8 Å². The molecule has 1 aliphatic heterocycles. The number of aromatic amines is 1. The Kier molecular flexibility index (Phi) is 5.67. The summed E-state index contributed by atoms with van der Waals surface area (Å²) in [7, 11) is 0. The van der Waals surface area contributed by atoms with E-state index in [1.54, 1.807) is 6.20 Å². The van der Waals surface area contributed by atoms with E-state index in [1.807, 2.05) is 18.3 Å². The maximum absolute atomic E-state index is 14.1. The fourth-order valence-corrected chi connectivity index (χ4v) is 3.90. The van der Waals surface area contributed by atoms with Crippen LogP contribution < -0.4 is 10.7 Å². The third-order valence-corrected chi connectivity index (χ3v) is 5.42. The fourth-order valence-electron chi connectivity index (χ4n) is 3.90. The molecule has 150 valence electrons. The van der Waals surface area contributed by atoms with E-state index in [0.717, 1.165) is 31.5 Å². The van der Waals surface area contributed by atoms with Crippen LogP contribution in [0.4, 0.5) is 4.39 Å². The number of likely N-dealkylation sites (tertiary alicyclic amines) is 1. The van der Waals surface area contributed by atoms with Gasteiger partial charge in [0, 0.05) is 30.4 Å². The lowest BCUT2D eigenvalue weighted by Gasteiger charge is -2.34. The van der Waals surface area contributed by atoms with Gasteiger partial charge in [0.2, 0.25) is 0 Å². The summed E-state index contributed by atoms with van der Waals surface area (Å²) in [5.74, 6) is -0.992. The highest BCUT2D eigenvalue weighted by molar-refractivity contribution is 5.94. The smallest absolute Gasteiger partial charge is 0.267 e. The number of amides is 1. The molecule has 1 aliphatic rings. The van der Waals surface area contributed by atoms with Crippen molar-refractivity contribution in [2.75, 3.05) is 19.6 Å². The highest BCUT2D eigenvalue weighted by atomic mass is 19.1. The minimum atomic E-state index is -0.559. The van der Waals surface area contributed by atoms with Gasteiger partial charge in [0.15, 0.2) is 5.43 Å². The molecule has 3 aromatic rings. The number of aromatic nitrogens is 2. The summed E-state index contributed by atoms with van der Waals surface area (Å²) in [6.45, 7) is 2.31. The Hall–Kier alpha value is -3.06. The summed E-state index contributed by atoms with van der Waals surface area (Å²) in [6, 6.07) is 9.38.